The fourth-order valence-corrected chi connectivity index (χ4v) is 4.96. The summed E-state index contributed by atoms with van der Waals surface area (Å²) < 4.78 is 54.7. The molecule has 0 spiro atoms. The van der Waals surface area contributed by atoms with E-state index in [1.807, 2.05) is 88.4 Å². The van der Waals surface area contributed by atoms with Crippen LogP contribution < -0.4 is 0 Å². The molecule has 6 aromatic carbocycles. The van der Waals surface area contributed by atoms with Crippen molar-refractivity contribution < 1.29 is 94.5 Å². The van der Waals surface area contributed by atoms with Gasteiger partial charge in [-0.1, -0.05) is 143 Å². The molecule has 0 unspecified atom stereocenters. The number of carboxylic acid groups (broad SMARTS) is 1. The third-order valence-corrected chi connectivity index (χ3v) is 8.05. The number of aryl methyl sites for hydroxylation is 6. The van der Waals surface area contributed by atoms with Crippen LogP contribution in [0.3, 0.4) is 0 Å². The van der Waals surface area contributed by atoms with Crippen LogP contribution in [0.25, 0.3) is 34.4 Å². The van der Waals surface area contributed by atoms with Crippen LogP contribution in [0.2, 0.25) is 0 Å². The minimum Gasteiger partial charge on any atom is -0.699 e. The van der Waals surface area contributed by atoms with Crippen molar-refractivity contribution in [2.75, 3.05) is 0 Å². The second-order valence-corrected chi connectivity index (χ2v) is 24.3. The van der Waals surface area contributed by atoms with E-state index in [9.17, 15) is 13.2 Å². The first kappa shape index (κ1) is 76.2. The molecule has 0 aliphatic rings. The van der Waals surface area contributed by atoms with Gasteiger partial charge in [0.25, 0.3) is 10.1 Å². The van der Waals surface area contributed by atoms with E-state index in [1.165, 1.54) is 59.7 Å². The van der Waals surface area contributed by atoms with Gasteiger partial charge >= 0.3 is 129 Å². The van der Waals surface area contributed by atoms with E-state index in [2.05, 4.69) is 13.8 Å². The number of nitrogens with one attached hydrogen (secondary N) is 6. The van der Waals surface area contributed by atoms with Gasteiger partial charge in [0, 0.05) is 0 Å². The molecule has 0 aliphatic heterocycles. The number of carbonyl (C=O) groups is 1. The van der Waals surface area contributed by atoms with Gasteiger partial charge in [-0.2, -0.15) is 18.0 Å². The molecule has 0 radical (unpaired) electrons. The van der Waals surface area contributed by atoms with E-state index in [1.54, 1.807) is 24.3 Å². The van der Waals surface area contributed by atoms with Gasteiger partial charge in [-0.15, -0.1) is 46.8 Å². The molecule has 27 heteroatoms. The van der Waals surface area contributed by atoms with Crippen LogP contribution in [-0.2, 0) is 79.8 Å². The van der Waals surface area contributed by atoms with Crippen molar-refractivity contribution >= 4 is 123 Å². The van der Waals surface area contributed by atoms with Crippen molar-refractivity contribution in [3.8, 4) is 0 Å². The summed E-state index contributed by atoms with van der Waals surface area (Å²) in [6.45, 7) is 12.0. The van der Waals surface area contributed by atoms with Crippen molar-refractivity contribution in [2.24, 2.45) is 0 Å². The number of hydrogen-bond acceptors (Lipinski definition) is 8. The standard InChI is InChI=1S/2C9H12N.C7H6NO2.C6H6NO3S.2C6H6N.CO2.6ClH.O3S.3Pt/c2*1-6-4-7(2)9(10)8(3)5-6;8-6-3-1-5(2-4-6)7(9)10;7-5-1-3-6(4-2-5)11(8,9)10;2*7-6-4-2-1-3-5-6;2-1-3;;;;;;;1-4(2)3;;;/h2*4-5,10H,1-3H3;1-4,8H,(H,9,10);1-4,7H,(H,8,9,10);2*1-5,7H;;6*1H;;;;/q6*-1;;;;;;;;;3*+4/p-6. The fourth-order valence-electron chi connectivity index (χ4n) is 4.48. The molecule has 0 saturated carbocycles. The molecule has 398 valence electrons. The van der Waals surface area contributed by atoms with E-state index >= 15 is 0 Å². The Balaban J connectivity index is -0.000000232. The molecule has 71 heavy (non-hydrogen) atoms. The summed E-state index contributed by atoms with van der Waals surface area (Å²) in [7, 11) is 22.0. The van der Waals surface area contributed by atoms with Crippen molar-refractivity contribution in [1.29, 1.82) is 0 Å². The van der Waals surface area contributed by atoms with Crippen molar-refractivity contribution in [3.63, 3.8) is 0 Å². The first-order valence-corrected chi connectivity index (χ1v) is 37.6. The van der Waals surface area contributed by atoms with Gasteiger partial charge in [-0.3, -0.25) is 4.55 Å². The maximum absolute atomic E-state index is 10.4. The van der Waals surface area contributed by atoms with Gasteiger partial charge < -0.3 is 39.5 Å². The summed E-state index contributed by atoms with van der Waals surface area (Å²) in [6.07, 6.45) is 0.250. The summed E-state index contributed by atoms with van der Waals surface area (Å²) in [6, 6.07) is 37.0. The minimum absolute atomic E-state index is 0.187. The molecular formula is C44H48Cl6N6O10Pt3S2. The van der Waals surface area contributed by atoms with Gasteiger partial charge in [0.1, 0.15) is 0 Å². The summed E-state index contributed by atoms with van der Waals surface area (Å²) in [4.78, 5) is 26.3. The smallest absolute Gasteiger partial charge is 0.335 e. The minimum atomic E-state index is -4.10. The maximum Gasteiger partial charge on any atom is 0.335 e. The second-order valence-electron chi connectivity index (χ2n) is 12.6. The molecule has 6 rings (SSSR count). The Kier molecular flexibility index (Phi) is 52.1. The average molecular weight is 1680 g/mol. The third kappa shape index (κ3) is 49.7. The summed E-state index contributed by atoms with van der Waals surface area (Å²) >= 11 is -1.42. The summed E-state index contributed by atoms with van der Waals surface area (Å²) in [5.41, 5.74) is 53.1. The molecule has 6 aromatic rings. The molecule has 0 fully saturated rings. The third-order valence-electron chi connectivity index (χ3n) is 7.19. The molecule has 16 nitrogen and oxygen atoms in total. The quantitative estimate of drug-likeness (QED) is 0.154. The van der Waals surface area contributed by atoms with E-state index in [0.717, 1.165) is 22.3 Å². The SMILES string of the molecule is Cc1cc(C)c([NH-])c(C)c1.Cc1cc(C)c([NH-])c(C)c1.O=C=O.O=S(=O)=O.[Cl][Pt+2][Cl].[Cl][Pt+2][Cl].[Cl][Pt+2][Cl].[NH-]c1ccc(C(=O)O)cc1.[NH-]c1ccc(S(=O)(=O)O)cc1.[NH-]c1ccccc1.[NH-]c1ccccc1. The molecular weight excluding hydrogens is 1630 g/mol. The largest absolute Gasteiger partial charge is 0.699 e. The molecule has 0 saturated heterocycles. The molecule has 0 heterocycles. The maximum atomic E-state index is 10.4. The molecule has 0 atom stereocenters. The number of carboxylic acids is 1. The van der Waals surface area contributed by atoms with Gasteiger partial charge in [0.15, 0.2) is 0 Å². The van der Waals surface area contributed by atoms with Gasteiger partial charge in [-0.05, 0) is 65.8 Å². The van der Waals surface area contributed by atoms with Crippen LogP contribution in [0.1, 0.15) is 43.7 Å². The van der Waals surface area contributed by atoms with Crippen LogP contribution in [0.4, 0.5) is 34.1 Å². The monoisotopic (exact) mass is 1680 g/mol. The predicted octanol–water partition coefficient (Wildman–Crippen LogP) is 17.6. The second kappa shape index (κ2) is 48.6. The Bertz CT molecular complexity index is 2450. The molecule has 0 aromatic heterocycles. The number of aromatic carboxylic acids is 1. The van der Waals surface area contributed by atoms with Crippen LogP contribution in [0.5, 0.6) is 0 Å². The number of benzene rings is 6. The number of carbonyl (C=O) groups excluding carboxylic acids is 2. The Hall–Kier alpha value is -3.70. The topological polar surface area (TPSA) is 320 Å². The van der Waals surface area contributed by atoms with Crippen LogP contribution in [-0.4, -0.2) is 42.8 Å². The molecule has 0 aliphatic carbocycles. The number of halogens is 6. The molecule has 0 amide bonds. The first-order chi connectivity index (χ1) is 33.1. The fraction of sp³-hybridized carbons (Fsp3) is 0.136. The number of hydrogen-bond donors (Lipinski definition) is 2. The van der Waals surface area contributed by atoms with Crippen molar-refractivity contribution in [2.45, 2.75) is 46.4 Å². The van der Waals surface area contributed by atoms with Gasteiger partial charge in [0.2, 0.25) is 0 Å². The first-order valence-electron chi connectivity index (χ1n) is 18.3. The van der Waals surface area contributed by atoms with E-state index in [0.29, 0.717) is 28.4 Å². The Morgan fingerprint density at radius 2 is 0.704 bits per heavy atom. The number of rotatable bonds is 2. The normalized spacial score (nSPS) is 8.92. The van der Waals surface area contributed by atoms with Gasteiger partial charge in [-0.25, -0.2) is 4.79 Å². The van der Waals surface area contributed by atoms with Crippen LogP contribution in [0, 0.1) is 41.5 Å². The van der Waals surface area contributed by atoms with E-state index in [-0.39, 0.29) is 22.3 Å². The Morgan fingerprint density at radius 1 is 0.493 bits per heavy atom. The van der Waals surface area contributed by atoms with Crippen molar-refractivity contribution in [1.82, 2.24) is 0 Å². The molecule has 0 bridgehead atoms. The zero-order valence-corrected chi connectivity index (χ0v) is 50.9. The zero-order chi connectivity index (χ0) is 56.1. The molecule has 8 N–H and O–H groups in total. The summed E-state index contributed by atoms with van der Waals surface area (Å²) in [5, 5.41) is 8.41. The van der Waals surface area contributed by atoms with Crippen molar-refractivity contribution in [3.05, 3.63) is 207 Å². The predicted molar refractivity (Wildman–Crippen MR) is 278 cm³/mol. The van der Waals surface area contributed by atoms with Crippen LogP contribution >= 0.6 is 56.5 Å². The van der Waals surface area contributed by atoms with Crippen LogP contribution in [0.15, 0.2) is 138 Å². The van der Waals surface area contributed by atoms with E-state index < -0.39 is 76.1 Å². The van der Waals surface area contributed by atoms with Gasteiger partial charge in [0.05, 0.1) is 10.5 Å². The Morgan fingerprint density at radius 3 is 0.887 bits per heavy atom. The Labute approximate surface area is 466 Å². The average Bonchev–Trinajstić information content (AvgIpc) is 3.27. The van der Waals surface area contributed by atoms with E-state index in [4.69, 9.17) is 123 Å². The summed E-state index contributed by atoms with van der Waals surface area (Å²) in [5.74, 6) is -0.958. The zero-order valence-electron chi connectivity index (χ0n) is 37.9.